The second kappa shape index (κ2) is 4.33. The van der Waals surface area contributed by atoms with Crippen LogP contribution in [0.15, 0.2) is 34.9 Å². The van der Waals surface area contributed by atoms with E-state index in [0.717, 1.165) is 16.9 Å². The number of aromatic carboxylic acids is 1. The van der Waals surface area contributed by atoms with E-state index in [2.05, 4.69) is 4.98 Å². The Labute approximate surface area is 125 Å². The molecule has 4 nitrogen and oxygen atoms in total. The Morgan fingerprint density at radius 3 is 2.95 bits per heavy atom. The molecule has 4 rings (SSSR count). The van der Waals surface area contributed by atoms with Crippen molar-refractivity contribution in [2.45, 2.75) is 12.8 Å². The van der Waals surface area contributed by atoms with E-state index in [0.29, 0.717) is 40.0 Å². The molecular formula is C16H10ClNO3. The molecule has 0 fully saturated rings. The fraction of sp³-hybridized carbons (Fsp3) is 0.125. The van der Waals surface area contributed by atoms with Gasteiger partial charge in [0.05, 0.1) is 28.1 Å². The molecule has 0 radical (unpaired) electrons. The van der Waals surface area contributed by atoms with Crippen molar-refractivity contribution in [2.24, 2.45) is 0 Å². The zero-order valence-corrected chi connectivity index (χ0v) is 11.6. The van der Waals surface area contributed by atoms with Gasteiger partial charge in [-0.1, -0.05) is 23.7 Å². The summed E-state index contributed by atoms with van der Waals surface area (Å²) in [7, 11) is 0. The van der Waals surface area contributed by atoms with Crippen molar-refractivity contribution >= 4 is 28.5 Å². The maximum Gasteiger partial charge on any atom is 0.336 e. The van der Waals surface area contributed by atoms with E-state index in [1.54, 1.807) is 24.5 Å². The number of hydrogen-bond acceptors (Lipinski definition) is 3. The molecule has 2 aromatic heterocycles. The number of carbonyl (C=O) groups is 1. The predicted molar refractivity (Wildman–Crippen MR) is 78.8 cm³/mol. The van der Waals surface area contributed by atoms with E-state index in [-0.39, 0.29) is 0 Å². The van der Waals surface area contributed by atoms with Gasteiger partial charge < -0.3 is 9.52 Å². The summed E-state index contributed by atoms with van der Waals surface area (Å²) in [5.41, 5.74) is 3.10. The van der Waals surface area contributed by atoms with Gasteiger partial charge in [0.25, 0.3) is 0 Å². The van der Waals surface area contributed by atoms with Gasteiger partial charge in [-0.2, -0.15) is 0 Å². The van der Waals surface area contributed by atoms with Crippen LogP contribution in [0.2, 0.25) is 5.02 Å². The van der Waals surface area contributed by atoms with Crippen LogP contribution < -0.4 is 0 Å². The fourth-order valence-electron chi connectivity index (χ4n) is 2.99. The topological polar surface area (TPSA) is 63.3 Å². The van der Waals surface area contributed by atoms with E-state index in [9.17, 15) is 9.90 Å². The molecule has 0 spiro atoms. The average Bonchev–Trinajstić information content (AvgIpc) is 2.94. The normalized spacial score (nSPS) is 13.0. The number of fused-ring (bicyclic) bond motifs is 4. The van der Waals surface area contributed by atoms with Gasteiger partial charge in [0.2, 0.25) is 0 Å². The molecule has 0 saturated carbocycles. The van der Waals surface area contributed by atoms with E-state index in [4.69, 9.17) is 16.0 Å². The number of benzene rings is 1. The molecule has 0 saturated heterocycles. The summed E-state index contributed by atoms with van der Waals surface area (Å²) in [5.74, 6) is -0.106. The number of nitrogens with zero attached hydrogens (tertiary/aromatic N) is 1. The third kappa shape index (κ3) is 1.69. The van der Waals surface area contributed by atoms with Crippen LogP contribution in [0.4, 0.5) is 0 Å². The van der Waals surface area contributed by atoms with Gasteiger partial charge in [-0.05, 0) is 24.1 Å². The Morgan fingerprint density at radius 1 is 1.29 bits per heavy atom. The Morgan fingerprint density at radius 2 is 2.14 bits per heavy atom. The molecule has 1 N–H and O–H groups in total. The van der Waals surface area contributed by atoms with E-state index >= 15 is 0 Å². The molecule has 5 heteroatoms. The first kappa shape index (κ1) is 12.4. The summed E-state index contributed by atoms with van der Waals surface area (Å²) in [5, 5.41) is 10.7. The Bertz CT molecular complexity index is 898. The molecule has 1 aliphatic carbocycles. The van der Waals surface area contributed by atoms with Crippen molar-refractivity contribution in [3.05, 3.63) is 52.4 Å². The van der Waals surface area contributed by atoms with Crippen LogP contribution in [0.5, 0.6) is 0 Å². The molecule has 104 valence electrons. The van der Waals surface area contributed by atoms with Crippen molar-refractivity contribution in [1.29, 1.82) is 0 Å². The number of aryl methyl sites for hydroxylation is 1. The van der Waals surface area contributed by atoms with Crippen molar-refractivity contribution in [3.8, 4) is 11.3 Å². The molecule has 21 heavy (non-hydrogen) atoms. The van der Waals surface area contributed by atoms with E-state index < -0.39 is 5.97 Å². The summed E-state index contributed by atoms with van der Waals surface area (Å²) in [6, 6.07) is 7.04. The minimum Gasteiger partial charge on any atom is -0.478 e. The quantitative estimate of drug-likeness (QED) is 0.739. The zero-order chi connectivity index (χ0) is 14.6. The number of carboxylic acid groups (broad SMARTS) is 1. The Balaban J connectivity index is 2.19. The molecule has 2 heterocycles. The van der Waals surface area contributed by atoms with E-state index in [1.165, 1.54) is 0 Å². The first-order valence-electron chi connectivity index (χ1n) is 6.58. The SMILES string of the molecule is O=C(O)c1c2c(nc3c(Cl)cccc13)-c1ccoc1CC2. The van der Waals surface area contributed by atoms with Crippen LogP contribution in [-0.2, 0) is 12.8 Å². The van der Waals surface area contributed by atoms with Crippen LogP contribution in [-0.4, -0.2) is 16.1 Å². The number of furan rings is 1. The number of halogens is 1. The van der Waals surface area contributed by atoms with Crippen LogP contribution in [0.1, 0.15) is 21.7 Å². The largest absolute Gasteiger partial charge is 0.478 e. The van der Waals surface area contributed by atoms with Crippen molar-refractivity contribution in [1.82, 2.24) is 4.98 Å². The smallest absolute Gasteiger partial charge is 0.336 e. The van der Waals surface area contributed by atoms with Crippen molar-refractivity contribution in [3.63, 3.8) is 0 Å². The first-order chi connectivity index (χ1) is 10.2. The zero-order valence-electron chi connectivity index (χ0n) is 10.9. The van der Waals surface area contributed by atoms with Crippen LogP contribution in [0, 0.1) is 0 Å². The highest BCUT2D eigenvalue weighted by Gasteiger charge is 2.27. The summed E-state index contributed by atoms with van der Waals surface area (Å²) in [6.07, 6.45) is 2.90. The second-order valence-electron chi connectivity index (χ2n) is 5.01. The van der Waals surface area contributed by atoms with Crippen LogP contribution >= 0.6 is 11.6 Å². The molecule has 3 aromatic rings. The standard InChI is InChI=1S/C16H10ClNO3/c17-11-3-1-2-9-13(16(19)20)10-4-5-12-8(6-7-21-12)14(10)18-15(9)11/h1-3,6-7H,4-5H2,(H,19,20). The Hall–Kier alpha value is -2.33. The maximum absolute atomic E-state index is 11.8. The molecule has 0 aliphatic heterocycles. The van der Waals surface area contributed by atoms with Gasteiger partial charge in [-0.3, -0.25) is 0 Å². The number of rotatable bonds is 1. The molecule has 0 bridgehead atoms. The van der Waals surface area contributed by atoms with Gasteiger partial charge in [0, 0.05) is 17.4 Å². The lowest BCUT2D eigenvalue weighted by Gasteiger charge is -2.18. The lowest BCUT2D eigenvalue weighted by atomic mass is 9.89. The molecule has 0 unspecified atom stereocenters. The van der Waals surface area contributed by atoms with Crippen molar-refractivity contribution in [2.75, 3.05) is 0 Å². The first-order valence-corrected chi connectivity index (χ1v) is 6.95. The molecule has 1 aliphatic rings. The lowest BCUT2D eigenvalue weighted by Crippen LogP contribution is -2.12. The summed E-state index contributed by atoms with van der Waals surface area (Å²) < 4.78 is 5.44. The number of para-hydroxylation sites is 1. The number of aromatic nitrogens is 1. The third-order valence-electron chi connectivity index (χ3n) is 3.88. The van der Waals surface area contributed by atoms with Gasteiger partial charge >= 0.3 is 5.97 Å². The third-order valence-corrected chi connectivity index (χ3v) is 4.19. The van der Waals surface area contributed by atoms with Gasteiger partial charge in [0.15, 0.2) is 0 Å². The molecular weight excluding hydrogens is 290 g/mol. The predicted octanol–water partition coefficient (Wildman–Crippen LogP) is 3.95. The summed E-state index contributed by atoms with van der Waals surface area (Å²) in [4.78, 5) is 16.4. The number of pyridine rings is 1. The van der Waals surface area contributed by atoms with Gasteiger partial charge in [0.1, 0.15) is 5.76 Å². The molecule has 0 amide bonds. The van der Waals surface area contributed by atoms with Gasteiger partial charge in [-0.15, -0.1) is 0 Å². The lowest BCUT2D eigenvalue weighted by molar-refractivity contribution is 0.0697. The Kier molecular flexibility index (Phi) is 2.56. The maximum atomic E-state index is 11.8. The number of carboxylic acids is 1. The van der Waals surface area contributed by atoms with E-state index in [1.807, 2.05) is 6.07 Å². The molecule has 0 atom stereocenters. The highest BCUT2D eigenvalue weighted by atomic mass is 35.5. The minimum absolute atomic E-state index is 0.296. The van der Waals surface area contributed by atoms with Crippen LogP contribution in [0.25, 0.3) is 22.2 Å². The molecule has 1 aromatic carbocycles. The van der Waals surface area contributed by atoms with Crippen LogP contribution in [0.3, 0.4) is 0 Å². The average molecular weight is 300 g/mol. The minimum atomic E-state index is -0.951. The monoisotopic (exact) mass is 299 g/mol. The summed E-state index contributed by atoms with van der Waals surface area (Å²) >= 11 is 6.20. The highest BCUT2D eigenvalue weighted by Crippen LogP contribution is 2.38. The fourth-order valence-corrected chi connectivity index (χ4v) is 3.20. The van der Waals surface area contributed by atoms with Gasteiger partial charge in [-0.25, -0.2) is 9.78 Å². The number of hydrogen-bond donors (Lipinski definition) is 1. The van der Waals surface area contributed by atoms with Crippen molar-refractivity contribution < 1.29 is 14.3 Å². The summed E-state index contributed by atoms with van der Waals surface area (Å²) in [6.45, 7) is 0. The highest BCUT2D eigenvalue weighted by molar-refractivity contribution is 6.35. The second-order valence-corrected chi connectivity index (χ2v) is 5.42.